The second kappa shape index (κ2) is 11.2. The van der Waals surface area contributed by atoms with E-state index in [1.165, 1.54) is 5.56 Å². The van der Waals surface area contributed by atoms with Crippen molar-refractivity contribution < 1.29 is 9.53 Å². The Morgan fingerprint density at radius 1 is 1.12 bits per heavy atom. The van der Waals surface area contributed by atoms with Crippen LogP contribution in [0.15, 0.2) is 30.3 Å². The summed E-state index contributed by atoms with van der Waals surface area (Å²) in [7, 11) is 0. The zero-order valence-electron chi connectivity index (χ0n) is 11.2. The maximum atomic E-state index is 11.0. The highest BCUT2D eigenvalue weighted by Crippen LogP contribution is 2.06. The minimum atomic E-state index is -0.0782. The second-order valence-corrected chi connectivity index (χ2v) is 3.50. The van der Waals surface area contributed by atoms with Crippen LogP contribution in [0.5, 0.6) is 0 Å². The van der Waals surface area contributed by atoms with Gasteiger partial charge in [-0.25, -0.2) is 0 Å². The summed E-state index contributed by atoms with van der Waals surface area (Å²) in [6, 6.07) is 10.3. The first-order valence-corrected chi connectivity index (χ1v) is 6.52. The Hall–Kier alpha value is -1.31. The van der Waals surface area contributed by atoms with Crippen LogP contribution in [0, 0.1) is 0 Å². The molecule has 1 aromatic carbocycles. The predicted octanol–water partition coefficient (Wildman–Crippen LogP) is 3.99. The Morgan fingerprint density at radius 2 is 1.76 bits per heavy atom. The average Bonchev–Trinajstić information content (AvgIpc) is 2.39. The maximum absolute atomic E-state index is 11.0. The molecule has 0 saturated carbocycles. The van der Waals surface area contributed by atoms with Gasteiger partial charge in [0.1, 0.15) is 0 Å². The predicted molar refractivity (Wildman–Crippen MR) is 72.0 cm³/mol. The van der Waals surface area contributed by atoms with Gasteiger partial charge in [-0.1, -0.05) is 44.2 Å². The van der Waals surface area contributed by atoms with Crippen molar-refractivity contribution in [3.63, 3.8) is 0 Å². The van der Waals surface area contributed by atoms with Crippen LogP contribution in [0.2, 0.25) is 0 Å². The minimum Gasteiger partial charge on any atom is -0.466 e. The van der Waals surface area contributed by atoms with Crippen LogP contribution < -0.4 is 0 Å². The quantitative estimate of drug-likeness (QED) is 0.551. The molecule has 0 aliphatic carbocycles. The first-order valence-electron chi connectivity index (χ1n) is 6.52. The summed E-state index contributed by atoms with van der Waals surface area (Å²) in [5.41, 5.74) is 1.33. The molecule has 0 spiro atoms. The summed E-state index contributed by atoms with van der Waals surface area (Å²) in [6.07, 6.45) is 3.54. The summed E-state index contributed by atoms with van der Waals surface area (Å²) in [6.45, 7) is 6.32. The molecule has 1 rings (SSSR count). The summed E-state index contributed by atoms with van der Waals surface area (Å²) >= 11 is 0. The zero-order valence-corrected chi connectivity index (χ0v) is 11.2. The number of carbonyl (C=O) groups is 1. The van der Waals surface area contributed by atoms with Crippen LogP contribution >= 0.6 is 0 Å². The third-order valence-corrected chi connectivity index (χ3v) is 2.24. The summed E-state index contributed by atoms with van der Waals surface area (Å²) in [5.74, 6) is -0.0782. The van der Waals surface area contributed by atoms with Crippen LogP contribution in [0.1, 0.15) is 45.6 Å². The molecule has 0 aliphatic heterocycles. The lowest BCUT2D eigenvalue weighted by Crippen LogP contribution is -2.03. The number of hydrogen-bond donors (Lipinski definition) is 0. The molecule has 0 atom stereocenters. The number of hydrogen-bond acceptors (Lipinski definition) is 2. The molecule has 96 valence electrons. The zero-order chi connectivity index (χ0) is 12.9. The average molecular weight is 236 g/mol. The van der Waals surface area contributed by atoms with Crippen molar-refractivity contribution in [1.82, 2.24) is 0 Å². The van der Waals surface area contributed by atoms with Gasteiger partial charge in [0, 0.05) is 6.42 Å². The summed E-state index contributed by atoms with van der Waals surface area (Å²) in [4.78, 5) is 11.0. The van der Waals surface area contributed by atoms with Gasteiger partial charge in [-0.05, 0) is 31.7 Å². The summed E-state index contributed by atoms with van der Waals surface area (Å²) < 4.78 is 4.86. The molecule has 2 heteroatoms. The van der Waals surface area contributed by atoms with Crippen molar-refractivity contribution in [2.45, 2.75) is 46.5 Å². The lowest BCUT2D eigenvalue weighted by Gasteiger charge is -2.02. The smallest absolute Gasteiger partial charge is 0.305 e. The number of carbonyl (C=O) groups excluding carboxylic acids is 1. The first-order chi connectivity index (χ1) is 8.33. The van der Waals surface area contributed by atoms with Crippen molar-refractivity contribution in [3.8, 4) is 0 Å². The van der Waals surface area contributed by atoms with E-state index in [1.807, 2.05) is 39.0 Å². The largest absolute Gasteiger partial charge is 0.466 e. The SMILES string of the molecule is CC.CCOC(=O)CCCCc1ccccc1. The lowest BCUT2D eigenvalue weighted by molar-refractivity contribution is -0.143. The molecule has 0 amide bonds. The minimum absolute atomic E-state index is 0.0782. The van der Waals surface area contributed by atoms with Gasteiger partial charge in [-0.15, -0.1) is 0 Å². The molecule has 0 unspecified atom stereocenters. The molecule has 0 heterocycles. The van der Waals surface area contributed by atoms with Gasteiger partial charge in [0.2, 0.25) is 0 Å². The van der Waals surface area contributed by atoms with E-state index in [0.717, 1.165) is 19.3 Å². The Bertz CT molecular complexity index is 280. The van der Waals surface area contributed by atoms with E-state index in [2.05, 4.69) is 12.1 Å². The van der Waals surface area contributed by atoms with Gasteiger partial charge in [0.15, 0.2) is 0 Å². The fourth-order valence-corrected chi connectivity index (χ4v) is 1.48. The number of benzene rings is 1. The molecule has 17 heavy (non-hydrogen) atoms. The first kappa shape index (κ1) is 15.7. The van der Waals surface area contributed by atoms with Gasteiger partial charge in [-0.3, -0.25) is 4.79 Å². The van der Waals surface area contributed by atoms with Crippen LogP contribution in [0.4, 0.5) is 0 Å². The fourth-order valence-electron chi connectivity index (χ4n) is 1.48. The molecule has 0 radical (unpaired) electrons. The number of ether oxygens (including phenoxy) is 1. The molecule has 0 bridgehead atoms. The van der Waals surface area contributed by atoms with Crippen molar-refractivity contribution in [1.29, 1.82) is 0 Å². The molecular weight excluding hydrogens is 212 g/mol. The van der Waals surface area contributed by atoms with E-state index in [9.17, 15) is 4.79 Å². The third kappa shape index (κ3) is 8.49. The molecular formula is C15H24O2. The second-order valence-electron chi connectivity index (χ2n) is 3.50. The topological polar surface area (TPSA) is 26.3 Å². The van der Waals surface area contributed by atoms with Crippen LogP contribution in [0.25, 0.3) is 0 Å². The Labute approximate surface area is 105 Å². The van der Waals surface area contributed by atoms with Gasteiger partial charge in [0.25, 0.3) is 0 Å². The van der Waals surface area contributed by atoms with E-state index < -0.39 is 0 Å². The highest BCUT2D eigenvalue weighted by molar-refractivity contribution is 5.69. The Kier molecular flexibility index (Phi) is 10.3. The van der Waals surface area contributed by atoms with Crippen LogP contribution in [-0.4, -0.2) is 12.6 Å². The molecule has 2 nitrogen and oxygen atoms in total. The van der Waals surface area contributed by atoms with Crippen LogP contribution in [-0.2, 0) is 16.0 Å². The standard InChI is InChI=1S/C13H18O2.C2H6/c1-2-15-13(14)11-7-6-10-12-8-4-3-5-9-12;1-2/h3-5,8-9H,2,6-7,10-11H2,1H3;1-2H3. The van der Waals surface area contributed by atoms with Crippen molar-refractivity contribution in [2.75, 3.05) is 6.61 Å². The van der Waals surface area contributed by atoms with E-state index in [-0.39, 0.29) is 5.97 Å². The maximum Gasteiger partial charge on any atom is 0.305 e. The van der Waals surface area contributed by atoms with Crippen molar-refractivity contribution in [3.05, 3.63) is 35.9 Å². The Balaban J connectivity index is 0.00000121. The van der Waals surface area contributed by atoms with E-state index in [4.69, 9.17) is 4.74 Å². The van der Waals surface area contributed by atoms with Crippen molar-refractivity contribution >= 4 is 5.97 Å². The third-order valence-electron chi connectivity index (χ3n) is 2.24. The molecule has 0 aliphatic rings. The monoisotopic (exact) mass is 236 g/mol. The highest BCUT2D eigenvalue weighted by atomic mass is 16.5. The molecule has 0 fully saturated rings. The van der Waals surface area contributed by atoms with Crippen LogP contribution in [0.3, 0.4) is 0 Å². The lowest BCUT2D eigenvalue weighted by atomic mass is 10.1. The van der Waals surface area contributed by atoms with Gasteiger partial charge >= 0.3 is 5.97 Å². The summed E-state index contributed by atoms with van der Waals surface area (Å²) in [5, 5.41) is 0. The van der Waals surface area contributed by atoms with Gasteiger partial charge in [-0.2, -0.15) is 0 Å². The van der Waals surface area contributed by atoms with Gasteiger partial charge in [0.05, 0.1) is 6.61 Å². The van der Waals surface area contributed by atoms with Crippen molar-refractivity contribution in [2.24, 2.45) is 0 Å². The molecule has 1 aromatic rings. The fraction of sp³-hybridized carbons (Fsp3) is 0.533. The van der Waals surface area contributed by atoms with E-state index in [0.29, 0.717) is 13.0 Å². The number of unbranched alkanes of at least 4 members (excludes halogenated alkanes) is 1. The highest BCUT2D eigenvalue weighted by Gasteiger charge is 2.00. The molecule has 0 N–H and O–H groups in total. The van der Waals surface area contributed by atoms with Gasteiger partial charge < -0.3 is 4.74 Å². The molecule has 0 saturated heterocycles. The number of esters is 1. The van der Waals surface area contributed by atoms with E-state index >= 15 is 0 Å². The normalized spacial score (nSPS) is 9.12. The van der Waals surface area contributed by atoms with E-state index in [1.54, 1.807) is 0 Å². The number of rotatable bonds is 6. The Morgan fingerprint density at radius 3 is 2.35 bits per heavy atom. The molecule has 0 aromatic heterocycles. The number of aryl methyl sites for hydroxylation is 1.